The highest BCUT2D eigenvalue weighted by Crippen LogP contribution is 2.26. The third-order valence-electron chi connectivity index (χ3n) is 3.76. The molecular weight excluding hydrogens is 198 g/mol. The minimum atomic E-state index is -0.353. The number of nitrogens with one attached hydrogen (secondary N) is 1. The van der Waals surface area contributed by atoms with Crippen molar-refractivity contribution in [3.05, 3.63) is 0 Å². The van der Waals surface area contributed by atoms with Crippen LogP contribution in [0.5, 0.6) is 0 Å². The molecule has 1 unspecified atom stereocenters. The molecule has 0 radical (unpaired) electrons. The van der Waals surface area contributed by atoms with Crippen molar-refractivity contribution < 1.29 is 5.11 Å². The molecule has 2 nitrogen and oxygen atoms in total. The standard InChI is InChI=1S/C14H29NO/c1-2-3-4-5-6-7-9-14(16)10-8-12-15-13-11-14/h15-16H,2-13H2,1H3. The van der Waals surface area contributed by atoms with Gasteiger partial charge in [-0.25, -0.2) is 0 Å². The van der Waals surface area contributed by atoms with Gasteiger partial charge in [-0.1, -0.05) is 45.4 Å². The van der Waals surface area contributed by atoms with Gasteiger partial charge in [0.1, 0.15) is 0 Å². The summed E-state index contributed by atoms with van der Waals surface area (Å²) < 4.78 is 0. The Bertz CT molecular complexity index is 162. The van der Waals surface area contributed by atoms with E-state index in [9.17, 15) is 5.11 Å². The normalized spacial score (nSPS) is 26.6. The van der Waals surface area contributed by atoms with Crippen molar-refractivity contribution in [3.63, 3.8) is 0 Å². The van der Waals surface area contributed by atoms with Gasteiger partial charge in [0.25, 0.3) is 0 Å². The van der Waals surface area contributed by atoms with E-state index in [2.05, 4.69) is 12.2 Å². The molecule has 1 aliphatic heterocycles. The lowest BCUT2D eigenvalue weighted by Gasteiger charge is -2.26. The molecule has 1 atom stereocenters. The predicted molar refractivity (Wildman–Crippen MR) is 69.7 cm³/mol. The van der Waals surface area contributed by atoms with Crippen LogP contribution in [0.3, 0.4) is 0 Å². The molecule has 1 aliphatic rings. The molecule has 1 fully saturated rings. The number of hydrogen-bond acceptors (Lipinski definition) is 2. The van der Waals surface area contributed by atoms with Crippen molar-refractivity contribution >= 4 is 0 Å². The maximum atomic E-state index is 10.4. The van der Waals surface area contributed by atoms with Crippen molar-refractivity contribution in [1.29, 1.82) is 0 Å². The highest BCUT2D eigenvalue weighted by molar-refractivity contribution is 4.82. The van der Waals surface area contributed by atoms with Crippen LogP contribution in [-0.4, -0.2) is 23.8 Å². The summed E-state index contributed by atoms with van der Waals surface area (Å²) in [6.45, 7) is 4.33. The fraction of sp³-hybridized carbons (Fsp3) is 1.00. The van der Waals surface area contributed by atoms with Gasteiger partial charge in [-0.2, -0.15) is 0 Å². The summed E-state index contributed by atoms with van der Waals surface area (Å²) in [7, 11) is 0. The Morgan fingerprint density at radius 3 is 2.56 bits per heavy atom. The Labute approximate surface area is 101 Å². The van der Waals surface area contributed by atoms with Crippen LogP contribution >= 0.6 is 0 Å². The van der Waals surface area contributed by atoms with Crippen LogP contribution in [0.1, 0.15) is 71.1 Å². The maximum absolute atomic E-state index is 10.4. The van der Waals surface area contributed by atoms with Gasteiger partial charge in [-0.3, -0.25) is 0 Å². The van der Waals surface area contributed by atoms with Gasteiger partial charge in [0.15, 0.2) is 0 Å². The van der Waals surface area contributed by atoms with Gasteiger partial charge in [-0.15, -0.1) is 0 Å². The van der Waals surface area contributed by atoms with E-state index in [1.54, 1.807) is 0 Å². The van der Waals surface area contributed by atoms with E-state index in [1.807, 2.05) is 0 Å². The van der Waals surface area contributed by atoms with Crippen LogP contribution in [0.25, 0.3) is 0 Å². The molecule has 16 heavy (non-hydrogen) atoms. The van der Waals surface area contributed by atoms with Crippen LogP contribution in [-0.2, 0) is 0 Å². The molecular formula is C14H29NO. The Morgan fingerprint density at radius 1 is 1.00 bits per heavy atom. The van der Waals surface area contributed by atoms with Gasteiger partial charge in [0.2, 0.25) is 0 Å². The van der Waals surface area contributed by atoms with E-state index in [-0.39, 0.29) is 5.60 Å². The molecule has 0 amide bonds. The Hall–Kier alpha value is -0.0800. The second-order valence-corrected chi connectivity index (χ2v) is 5.35. The first kappa shape index (κ1) is 14.0. The van der Waals surface area contributed by atoms with Crippen LogP contribution in [0.2, 0.25) is 0 Å². The summed E-state index contributed by atoms with van der Waals surface area (Å²) in [4.78, 5) is 0. The second-order valence-electron chi connectivity index (χ2n) is 5.35. The van der Waals surface area contributed by atoms with Gasteiger partial charge >= 0.3 is 0 Å². The summed E-state index contributed by atoms with van der Waals surface area (Å²) in [5.41, 5.74) is -0.353. The van der Waals surface area contributed by atoms with E-state index < -0.39 is 0 Å². The summed E-state index contributed by atoms with van der Waals surface area (Å²) >= 11 is 0. The summed E-state index contributed by atoms with van der Waals surface area (Å²) in [5, 5.41) is 13.8. The lowest BCUT2D eigenvalue weighted by atomic mass is 9.89. The first-order chi connectivity index (χ1) is 7.77. The van der Waals surface area contributed by atoms with Crippen LogP contribution < -0.4 is 5.32 Å². The van der Waals surface area contributed by atoms with E-state index in [0.717, 1.165) is 38.8 Å². The lowest BCUT2D eigenvalue weighted by Crippen LogP contribution is -2.29. The molecule has 0 aromatic carbocycles. The summed E-state index contributed by atoms with van der Waals surface area (Å²) in [6.07, 6.45) is 12.0. The minimum Gasteiger partial charge on any atom is -0.390 e. The fourth-order valence-electron chi connectivity index (χ4n) is 2.60. The molecule has 2 N–H and O–H groups in total. The average Bonchev–Trinajstić information content (AvgIpc) is 2.49. The topological polar surface area (TPSA) is 32.3 Å². The molecule has 0 aromatic heterocycles. The molecule has 1 saturated heterocycles. The van der Waals surface area contributed by atoms with Crippen LogP contribution in [0.15, 0.2) is 0 Å². The van der Waals surface area contributed by atoms with Crippen LogP contribution in [0.4, 0.5) is 0 Å². The van der Waals surface area contributed by atoms with E-state index in [4.69, 9.17) is 0 Å². The third kappa shape index (κ3) is 5.86. The largest absolute Gasteiger partial charge is 0.390 e. The van der Waals surface area contributed by atoms with Crippen molar-refractivity contribution in [1.82, 2.24) is 5.32 Å². The van der Waals surface area contributed by atoms with Crippen molar-refractivity contribution in [2.45, 2.75) is 76.7 Å². The van der Waals surface area contributed by atoms with Gasteiger partial charge in [-0.05, 0) is 38.8 Å². The smallest absolute Gasteiger partial charge is 0.0660 e. The molecule has 0 spiro atoms. The zero-order valence-corrected chi connectivity index (χ0v) is 10.9. The lowest BCUT2D eigenvalue weighted by molar-refractivity contribution is 0.0171. The van der Waals surface area contributed by atoms with Crippen LogP contribution in [0, 0.1) is 0 Å². The zero-order chi connectivity index (χ0) is 11.7. The average molecular weight is 227 g/mol. The Morgan fingerprint density at radius 2 is 1.75 bits per heavy atom. The molecule has 96 valence electrons. The van der Waals surface area contributed by atoms with E-state index >= 15 is 0 Å². The van der Waals surface area contributed by atoms with Crippen molar-refractivity contribution in [3.8, 4) is 0 Å². The third-order valence-corrected chi connectivity index (χ3v) is 3.76. The Balaban J connectivity index is 2.05. The Kier molecular flexibility index (Phi) is 7.06. The molecule has 0 saturated carbocycles. The quantitative estimate of drug-likeness (QED) is 0.654. The molecule has 1 rings (SSSR count). The zero-order valence-electron chi connectivity index (χ0n) is 10.9. The van der Waals surface area contributed by atoms with Gasteiger partial charge < -0.3 is 10.4 Å². The second kappa shape index (κ2) is 8.08. The summed E-state index contributed by atoms with van der Waals surface area (Å²) in [6, 6.07) is 0. The van der Waals surface area contributed by atoms with Crippen molar-refractivity contribution in [2.75, 3.05) is 13.1 Å². The molecule has 0 aliphatic carbocycles. The summed E-state index contributed by atoms with van der Waals surface area (Å²) in [5.74, 6) is 0. The predicted octanol–water partition coefficient (Wildman–Crippen LogP) is 3.24. The molecule has 0 bridgehead atoms. The SMILES string of the molecule is CCCCCCCCC1(O)CCCNCC1. The number of unbranched alkanes of at least 4 members (excludes halogenated alkanes) is 5. The minimum absolute atomic E-state index is 0.353. The fourth-order valence-corrected chi connectivity index (χ4v) is 2.60. The first-order valence-corrected chi connectivity index (χ1v) is 7.20. The highest BCUT2D eigenvalue weighted by Gasteiger charge is 2.26. The molecule has 0 aromatic rings. The molecule has 1 heterocycles. The van der Waals surface area contributed by atoms with E-state index in [1.165, 1.54) is 38.5 Å². The number of rotatable bonds is 7. The van der Waals surface area contributed by atoms with Crippen molar-refractivity contribution in [2.24, 2.45) is 0 Å². The van der Waals surface area contributed by atoms with E-state index in [0.29, 0.717) is 0 Å². The first-order valence-electron chi connectivity index (χ1n) is 7.20. The maximum Gasteiger partial charge on any atom is 0.0660 e. The molecule has 2 heteroatoms. The monoisotopic (exact) mass is 227 g/mol. The van der Waals surface area contributed by atoms with Gasteiger partial charge in [0, 0.05) is 0 Å². The number of aliphatic hydroxyl groups is 1. The highest BCUT2D eigenvalue weighted by atomic mass is 16.3. The van der Waals surface area contributed by atoms with Gasteiger partial charge in [0.05, 0.1) is 5.60 Å². The number of hydrogen-bond donors (Lipinski definition) is 2.